The predicted octanol–water partition coefficient (Wildman–Crippen LogP) is 2.34. The topological polar surface area (TPSA) is 62.3 Å². The maximum Gasteiger partial charge on any atom is 0.0825 e. The van der Waals surface area contributed by atoms with E-state index in [1.54, 1.807) is 7.11 Å². The summed E-state index contributed by atoms with van der Waals surface area (Å²) >= 11 is 0. The number of hydrogen-bond donors (Lipinski definition) is 1. The molecule has 1 aliphatic rings. The van der Waals surface area contributed by atoms with Gasteiger partial charge in [-0.25, -0.2) is 0 Å². The summed E-state index contributed by atoms with van der Waals surface area (Å²) in [6.07, 6.45) is 2.55. The van der Waals surface area contributed by atoms with E-state index >= 15 is 0 Å². The van der Waals surface area contributed by atoms with Gasteiger partial charge in [-0.15, -0.1) is 0 Å². The van der Waals surface area contributed by atoms with E-state index in [0.29, 0.717) is 12.1 Å². The molecular formula is C15H21N3O. The Hall–Kier alpha value is -1.73. The first-order chi connectivity index (χ1) is 9.08. The predicted molar refractivity (Wildman–Crippen MR) is 77.0 cm³/mol. The molecule has 1 unspecified atom stereocenters. The number of piperidine rings is 1. The summed E-state index contributed by atoms with van der Waals surface area (Å²) in [5.74, 6) is 0. The van der Waals surface area contributed by atoms with E-state index in [4.69, 9.17) is 15.7 Å². The summed E-state index contributed by atoms with van der Waals surface area (Å²) < 4.78 is 5.61. The van der Waals surface area contributed by atoms with Gasteiger partial charge in [-0.2, -0.15) is 5.26 Å². The van der Waals surface area contributed by atoms with Gasteiger partial charge in [0.1, 0.15) is 0 Å². The first kappa shape index (κ1) is 13.7. The number of nitriles is 1. The highest BCUT2D eigenvalue weighted by Crippen LogP contribution is 2.29. The van der Waals surface area contributed by atoms with Crippen molar-refractivity contribution in [2.75, 3.05) is 30.8 Å². The van der Waals surface area contributed by atoms with E-state index in [9.17, 15) is 0 Å². The third-order valence-electron chi connectivity index (χ3n) is 3.91. The van der Waals surface area contributed by atoms with Crippen LogP contribution in [0.4, 0.5) is 11.4 Å². The van der Waals surface area contributed by atoms with Crippen LogP contribution in [0.2, 0.25) is 0 Å². The molecule has 0 aliphatic carbocycles. The Kier molecular flexibility index (Phi) is 3.96. The highest BCUT2D eigenvalue weighted by atomic mass is 16.5. The van der Waals surface area contributed by atoms with Crippen molar-refractivity contribution < 1.29 is 4.74 Å². The fourth-order valence-electron chi connectivity index (χ4n) is 2.62. The molecule has 1 aromatic rings. The van der Waals surface area contributed by atoms with Crippen molar-refractivity contribution in [2.24, 2.45) is 0 Å². The van der Waals surface area contributed by atoms with Crippen molar-refractivity contribution in [3.63, 3.8) is 0 Å². The summed E-state index contributed by atoms with van der Waals surface area (Å²) in [6.45, 7) is 4.04. The molecule has 102 valence electrons. The van der Waals surface area contributed by atoms with Crippen molar-refractivity contribution in [1.29, 1.82) is 5.26 Å². The van der Waals surface area contributed by atoms with Gasteiger partial charge in [-0.05, 0) is 43.5 Å². The second kappa shape index (κ2) is 5.50. The molecular weight excluding hydrogens is 238 g/mol. The molecule has 1 saturated heterocycles. The van der Waals surface area contributed by atoms with E-state index in [1.807, 2.05) is 18.2 Å². The smallest absolute Gasteiger partial charge is 0.0825 e. The molecule has 4 nitrogen and oxygen atoms in total. The fourth-order valence-corrected chi connectivity index (χ4v) is 2.62. The van der Waals surface area contributed by atoms with Crippen molar-refractivity contribution in [2.45, 2.75) is 31.8 Å². The van der Waals surface area contributed by atoms with Crippen molar-refractivity contribution >= 4 is 11.4 Å². The highest BCUT2D eigenvalue weighted by molar-refractivity contribution is 5.59. The lowest BCUT2D eigenvalue weighted by Gasteiger charge is -2.40. The van der Waals surface area contributed by atoms with Crippen LogP contribution < -0.4 is 10.6 Å². The van der Waals surface area contributed by atoms with Crippen LogP contribution in [0.1, 0.15) is 25.3 Å². The van der Waals surface area contributed by atoms with Crippen LogP contribution in [0.3, 0.4) is 0 Å². The van der Waals surface area contributed by atoms with Gasteiger partial charge in [0, 0.05) is 31.6 Å². The summed E-state index contributed by atoms with van der Waals surface area (Å²) in [5, 5.41) is 8.83. The molecule has 1 fully saturated rings. The average molecular weight is 259 g/mol. The van der Waals surface area contributed by atoms with E-state index in [-0.39, 0.29) is 5.60 Å². The first-order valence-corrected chi connectivity index (χ1v) is 6.63. The number of anilines is 2. The van der Waals surface area contributed by atoms with Crippen molar-refractivity contribution in [3.8, 4) is 6.07 Å². The molecule has 0 aromatic heterocycles. The molecule has 0 amide bonds. The number of rotatable bonds is 3. The van der Waals surface area contributed by atoms with Gasteiger partial charge in [0.2, 0.25) is 0 Å². The molecule has 2 rings (SSSR count). The number of nitrogens with zero attached hydrogens (tertiary/aromatic N) is 2. The molecule has 2 N–H and O–H groups in total. The minimum Gasteiger partial charge on any atom is -0.398 e. The van der Waals surface area contributed by atoms with Crippen LogP contribution in [-0.4, -0.2) is 25.8 Å². The summed E-state index contributed by atoms with van der Waals surface area (Å²) in [5.41, 5.74) is 8.53. The number of benzene rings is 1. The zero-order valence-electron chi connectivity index (χ0n) is 11.6. The van der Waals surface area contributed by atoms with Crippen LogP contribution in [-0.2, 0) is 11.2 Å². The summed E-state index contributed by atoms with van der Waals surface area (Å²) in [7, 11) is 1.77. The largest absolute Gasteiger partial charge is 0.398 e. The quantitative estimate of drug-likeness (QED) is 0.846. The minimum atomic E-state index is -0.0883. The van der Waals surface area contributed by atoms with Crippen molar-refractivity contribution in [3.05, 3.63) is 23.8 Å². The molecule has 1 aromatic carbocycles. The fraction of sp³-hybridized carbons (Fsp3) is 0.533. The highest BCUT2D eigenvalue weighted by Gasteiger charge is 2.30. The monoisotopic (exact) mass is 259 g/mol. The molecule has 1 heterocycles. The van der Waals surface area contributed by atoms with Gasteiger partial charge in [-0.1, -0.05) is 0 Å². The van der Waals surface area contributed by atoms with E-state index in [0.717, 1.165) is 37.2 Å². The Bertz CT molecular complexity index is 495. The van der Waals surface area contributed by atoms with E-state index in [2.05, 4.69) is 17.9 Å². The van der Waals surface area contributed by atoms with E-state index in [1.165, 1.54) is 0 Å². The number of ether oxygens (including phenoxy) is 1. The van der Waals surface area contributed by atoms with Crippen LogP contribution in [0.5, 0.6) is 0 Å². The number of hydrogen-bond acceptors (Lipinski definition) is 4. The summed E-state index contributed by atoms with van der Waals surface area (Å²) in [4.78, 5) is 2.31. The molecule has 0 radical (unpaired) electrons. The van der Waals surface area contributed by atoms with Gasteiger partial charge in [0.15, 0.2) is 0 Å². The van der Waals surface area contributed by atoms with Crippen LogP contribution in [0.25, 0.3) is 0 Å². The van der Waals surface area contributed by atoms with Crippen LogP contribution >= 0.6 is 0 Å². The molecule has 4 heteroatoms. The minimum absolute atomic E-state index is 0.0883. The second-order valence-electron chi connectivity index (χ2n) is 5.40. The normalized spacial score (nSPS) is 23.1. The standard InChI is InChI=1S/C15H21N3O/c1-15(19-2)7-3-9-18(11-15)13-4-5-14(17)12(10-13)6-8-16/h4-5,10H,3,6-7,9,11,17H2,1-2H3. The molecule has 0 saturated carbocycles. The third kappa shape index (κ3) is 2.99. The van der Waals surface area contributed by atoms with Gasteiger partial charge in [-0.3, -0.25) is 0 Å². The maximum atomic E-state index is 8.83. The van der Waals surface area contributed by atoms with Gasteiger partial charge in [0.05, 0.1) is 18.1 Å². The zero-order valence-corrected chi connectivity index (χ0v) is 11.6. The lowest BCUT2D eigenvalue weighted by Crippen LogP contribution is -2.47. The van der Waals surface area contributed by atoms with Crippen LogP contribution in [0, 0.1) is 11.3 Å². The summed E-state index contributed by atoms with van der Waals surface area (Å²) in [6, 6.07) is 8.10. The molecule has 19 heavy (non-hydrogen) atoms. The molecule has 1 aliphatic heterocycles. The Morgan fingerprint density at radius 3 is 3.00 bits per heavy atom. The SMILES string of the molecule is COC1(C)CCCN(c2ccc(N)c(CC#N)c2)C1. The molecule has 0 spiro atoms. The lowest BCUT2D eigenvalue weighted by molar-refractivity contribution is -0.00465. The zero-order chi connectivity index (χ0) is 13.9. The Morgan fingerprint density at radius 2 is 2.32 bits per heavy atom. The van der Waals surface area contributed by atoms with E-state index < -0.39 is 0 Å². The third-order valence-corrected chi connectivity index (χ3v) is 3.91. The maximum absolute atomic E-state index is 8.83. The molecule has 1 atom stereocenters. The number of nitrogens with two attached hydrogens (primary N) is 1. The Morgan fingerprint density at radius 1 is 1.53 bits per heavy atom. The first-order valence-electron chi connectivity index (χ1n) is 6.63. The van der Waals surface area contributed by atoms with Crippen molar-refractivity contribution in [1.82, 2.24) is 0 Å². The van der Waals surface area contributed by atoms with Gasteiger partial charge >= 0.3 is 0 Å². The number of methoxy groups -OCH3 is 1. The lowest BCUT2D eigenvalue weighted by atomic mass is 9.94. The van der Waals surface area contributed by atoms with Gasteiger partial charge < -0.3 is 15.4 Å². The molecule has 0 bridgehead atoms. The average Bonchev–Trinajstić information content (AvgIpc) is 2.41. The number of nitrogen functional groups attached to an aromatic ring is 1. The van der Waals surface area contributed by atoms with Crippen LogP contribution in [0.15, 0.2) is 18.2 Å². The Labute approximate surface area is 114 Å². The second-order valence-corrected chi connectivity index (χ2v) is 5.40. The Balaban J connectivity index is 2.22. The van der Waals surface area contributed by atoms with Gasteiger partial charge in [0.25, 0.3) is 0 Å².